The monoisotopic (exact) mass is 310 g/mol. The van der Waals surface area contributed by atoms with Gasteiger partial charge in [0.2, 0.25) is 5.91 Å². The van der Waals surface area contributed by atoms with E-state index in [4.69, 9.17) is 4.74 Å². The topological polar surface area (TPSA) is 51.5 Å². The van der Waals surface area contributed by atoms with Crippen molar-refractivity contribution in [2.75, 3.05) is 12.3 Å². The predicted molar refractivity (Wildman–Crippen MR) is 82.8 cm³/mol. The molecule has 1 aromatic heterocycles. The van der Waals surface area contributed by atoms with Crippen LogP contribution in [0.5, 0.6) is 0 Å². The number of hydrogen-bond donors (Lipinski definition) is 0. The summed E-state index contributed by atoms with van der Waals surface area (Å²) in [6.45, 7) is 5.92. The van der Waals surface area contributed by atoms with Crippen LogP contribution in [0.25, 0.3) is 0 Å². The van der Waals surface area contributed by atoms with Crippen LogP contribution in [0, 0.1) is 0 Å². The predicted octanol–water partition coefficient (Wildman–Crippen LogP) is 2.33. The Labute approximate surface area is 129 Å². The van der Waals surface area contributed by atoms with Crippen LogP contribution in [0.15, 0.2) is 18.3 Å². The second kappa shape index (κ2) is 6.13. The van der Waals surface area contributed by atoms with Gasteiger partial charge in [-0.25, -0.2) is 0 Å². The maximum atomic E-state index is 12.0. The van der Waals surface area contributed by atoms with E-state index in [2.05, 4.69) is 0 Å². The Balaban J connectivity index is 1.99. The molecule has 1 atom stereocenters. The largest absolute Gasteiger partial charge is 0.460 e. The van der Waals surface area contributed by atoms with E-state index in [1.54, 1.807) is 16.7 Å². The number of thioether (sulfide) groups is 1. The molecule has 21 heavy (non-hydrogen) atoms. The van der Waals surface area contributed by atoms with Gasteiger partial charge in [-0.05, 0) is 32.9 Å². The maximum absolute atomic E-state index is 12.0. The van der Waals surface area contributed by atoms with E-state index in [0.717, 1.165) is 5.69 Å². The first-order valence-corrected chi connectivity index (χ1v) is 8.07. The second-order valence-electron chi connectivity index (χ2n) is 6.13. The normalized spacial score (nSPS) is 19.1. The standard InChI is InChI=1S/C15H22N2O3S/c1-15(2,3)20-13(19)7-9-17-12(18)10-21-14(17)11-6-5-8-16(11)4/h5-6,8,14H,7,9-10H2,1-4H3. The molecule has 2 heterocycles. The molecule has 0 saturated carbocycles. The maximum Gasteiger partial charge on any atom is 0.308 e. The summed E-state index contributed by atoms with van der Waals surface area (Å²) in [4.78, 5) is 25.6. The zero-order chi connectivity index (χ0) is 15.6. The molecule has 1 fully saturated rings. The van der Waals surface area contributed by atoms with Gasteiger partial charge in [-0.2, -0.15) is 0 Å². The van der Waals surface area contributed by atoms with Gasteiger partial charge in [0.1, 0.15) is 11.0 Å². The van der Waals surface area contributed by atoms with Crippen molar-refractivity contribution in [3.05, 3.63) is 24.0 Å². The van der Waals surface area contributed by atoms with Crippen molar-refractivity contribution < 1.29 is 14.3 Å². The summed E-state index contributed by atoms with van der Waals surface area (Å²) in [5.41, 5.74) is 0.591. The lowest BCUT2D eigenvalue weighted by atomic mass is 10.2. The summed E-state index contributed by atoms with van der Waals surface area (Å²) in [6, 6.07) is 3.97. The molecule has 1 saturated heterocycles. The smallest absolute Gasteiger partial charge is 0.308 e. The zero-order valence-corrected chi connectivity index (χ0v) is 13.8. The van der Waals surface area contributed by atoms with E-state index in [1.807, 2.05) is 50.7 Å². The summed E-state index contributed by atoms with van der Waals surface area (Å²) in [5.74, 6) is 0.275. The molecule has 1 amide bonds. The second-order valence-corrected chi connectivity index (χ2v) is 7.20. The molecule has 1 aliphatic heterocycles. The Morgan fingerprint density at radius 3 is 2.76 bits per heavy atom. The molecule has 5 nitrogen and oxygen atoms in total. The Morgan fingerprint density at radius 1 is 1.48 bits per heavy atom. The van der Waals surface area contributed by atoms with Gasteiger partial charge < -0.3 is 14.2 Å². The third-order valence-electron chi connectivity index (χ3n) is 3.18. The number of carbonyl (C=O) groups excluding carboxylic acids is 2. The highest BCUT2D eigenvalue weighted by Gasteiger charge is 2.34. The molecule has 0 radical (unpaired) electrons. The molecular weight excluding hydrogens is 288 g/mol. The van der Waals surface area contributed by atoms with Crippen molar-refractivity contribution in [3.63, 3.8) is 0 Å². The molecule has 0 bridgehead atoms. The van der Waals surface area contributed by atoms with Crippen LogP contribution >= 0.6 is 11.8 Å². The lowest BCUT2D eigenvalue weighted by Crippen LogP contribution is -2.33. The Bertz CT molecular complexity index is 533. The van der Waals surface area contributed by atoms with Crippen LogP contribution < -0.4 is 0 Å². The lowest BCUT2D eigenvalue weighted by Gasteiger charge is -2.25. The molecule has 2 rings (SSSR count). The fraction of sp³-hybridized carbons (Fsp3) is 0.600. The number of aromatic nitrogens is 1. The summed E-state index contributed by atoms with van der Waals surface area (Å²) in [5, 5.41) is -0.0139. The van der Waals surface area contributed by atoms with Gasteiger partial charge in [-0.15, -0.1) is 11.8 Å². The first-order chi connectivity index (χ1) is 9.78. The van der Waals surface area contributed by atoms with E-state index in [1.165, 1.54) is 0 Å². The van der Waals surface area contributed by atoms with E-state index in [0.29, 0.717) is 12.3 Å². The molecule has 1 aromatic rings. The minimum atomic E-state index is -0.488. The Morgan fingerprint density at radius 2 is 2.19 bits per heavy atom. The third-order valence-corrected chi connectivity index (χ3v) is 4.41. The molecule has 0 aliphatic carbocycles. The van der Waals surface area contributed by atoms with E-state index < -0.39 is 5.60 Å². The summed E-state index contributed by atoms with van der Waals surface area (Å²) in [6.07, 6.45) is 2.19. The fourth-order valence-electron chi connectivity index (χ4n) is 2.28. The highest BCUT2D eigenvalue weighted by Crippen LogP contribution is 2.38. The number of nitrogens with zero attached hydrogens (tertiary/aromatic N) is 2. The molecule has 0 N–H and O–H groups in total. The van der Waals surface area contributed by atoms with Gasteiger partial charge in [0.15, 0.2) is 0 Å². The molecule has 0 spiro atoms. The van der Waals surface area contributed by atoms with Gasteiger partial charge in [-0.1, -0.05) is 0 Å². The number of hydrogen-bond acceptors (Lipinski definition) is 4. The lowest BCUT2D eigenvalue weighted by molar-refractivity contribution is -0.155. The zero-order valence-electron chi connectivity index (χ0n) is 13.0. The van der Waals surface area contributed by atoms with E-state index >= 15 is 0 Å². The van der Waals surface area contributed by atoms with Crippen LogP contribution in [0.2, 0.25) is 0 Å². The average molecular weight is 310 g/mol. The van der Waals surface area contributed by atoms with Crippen molar-refractivity contribution in [2.45, 2.75) is 38.2 Å². The minimum absolute atomic E-state index is 0.0139. The van der Waals surface area contributed by atoms with Gasteiger partial charge >= 0.3 is 5.97 Å². The molecule has 0 aromatic carbocycles. The van der Waals surface area contributed by atoms with Crippen LogP contribution in [0.3, 0.4) is 0 Å². The molecule has 1 aliphatic rings. The number of amides is 1. The number of rotatable bonds is 4. The molecule has 1 unspecified atom stereocenters. The number of ether oxygens (including phenoxy) is 1. The highest BCUT2D eigenvalue weighted by atomic mass is 32.2. The van der Waals surface area contributed by atoms with Crippen molar-refractivity contribution in [1.82, 2.24) is 9.47 Å². The first kappa shape index (κ1) is 15.9. The van der Waals surface area contributed by atoms with Crippen molar-refractivity contribution >= 4 is 23.6 Å². The Hall–Kier alpha value is -1.43. The van der Waals surface area contributed by atoms with Crippen LogP contribution in [0.4, 0.5) is 0 Å². The fourth-order valence-corrected chi connectivity index (χ4v) is 3.56. The van der Waals surface area contributed by atoms with E-state index in [-0.39, 0.29) is 23.7 Å². The van der Waals surface area contributed by atoms with Gasteiger partial charge in [-0.3, -0.25) is 9.59 Å². The number of esters is 1. The highest BCUT2D eigenvalue weighted by molar-refractivity contribution is 8.00. The van der Waals surface area contributed by atoms with E-state index in [9.17, 15) is 9.59 Å². The number of carbonyl (C=O) groups is 2. The average Bonchev–Trinajstić information content (AvgIpc) is 2.91. The van der Waals surface area contributed by atoms with Crippen LogP contribution in [-0.2, 0) is 21.4 Å². The quantitative estimate of drug-likeness (QED) is 0.801. The molecule has 116 valence electrons. The van der Waals surface area contributed by atoms with Gasteiger partial charge in [0, 0.05) is 19.8 Å². The van der Waals surface area contributed by atoms with Crippen LogP contribution in [-0.4, -0.2) is 39.2 Å². The summed E-state index contributed by atoms with van der Waals surface area (Å²) in [7, 11) is 1.96. The van der Waals surface area contributed by atoms with Crippen molar-refractivity contribution in [3.8, 4) is 0 Å². The SMILES string of the molecule is Cn1cccc1C1SCC(=O)N1CCC(=O)OC(C)(C)C. The Kier molecular flexibility index (Phi) is 4.66. The van der Waals surface area contributed by atoms with Crippen molar-refractivity contribution in [1.29, 1.82) is 0 Å². The minimum Gasteiger partial charge on any atom is -0.460 e. The third kappa shape index (κ3) is 4.03. The van der Waals surface area contributed by atoms with Crippen molar-refractivity contribution in [2.24, 2.45) is 7.05 Å². The van der Waals surface area contributed by atoms with Gasteiger partial charge in [0.05, 0.1) is 17.9 Å². The molecular formula is C15H22N2O3S. The number of aryl methyl sites for hydroxylation is 1. The summed E-state index contributed by atoms with van der Waals surface area (Å²) < 4.78 is 7.30. The summed E-state index contributed by atoms with van der Waals surface area (Å²) >= 11 is 1.60. The van der Waals surface area contributed by atoms with Crippen LogP contribution in [0.1, 0.15) is 38.3 Å². The molecule has 6 heteroatoms. The first-order valence-electron chi connectivity index (χ1n) is 7.02. The van der Waals surface area contributed by atoms with Gasteiger partial charge in [0.25, 0.3) is 0 Å².